The van der Waals surface area contributed by atoms with Gasteiger partial charge in [0.05, 0.1) is 17.4 Å². The molecule has 1 heterocycles. The maximum Gasteiger partial charge on any atom is 0.260 e. The molecule has 136 valence electrons. The molecule has 0 saturated heterocycles. The first-order valence-corrected chi connectivity index (χ1v) is 9.85. The van der Waals surface area contributed by atoms with Crippen LogP contribution in [0.2, 0.25) is 0 Å². The number of para-hydroxylation sites is 2. The van der Waals surface area contributed by atoms with Gasteiger partial charge in [-0.3, -0.25) is 4.79 Å². The van der Waals surface area contributed by atoms with Gasteiger partial charge in [0.2, 0.25) is 0 Å². The molecule has 4 fully saturated rings. The van der Waals surface area contributed by atoms with E-state index in [1.165, 1.54) is 38.5 Å². The first-order valence-electron chi connectivity index (χ1n) is 9.85. The zero-order valence-electron chi connectivity index (χ0n) is 15.3. The fourth-order valence-corrected chi connectivity index (χ4v) is 6.14. The second-order valence-electron chi connectivity index (χ2n) is 8.79. The van der Waals surface area contributed by atoms with Crippen molar-refractivity contribution in [2.24, 2.45) is 28.3 Å². The molecule has 0 spiro atoms. The Hall–Kier alpha value is -2.17. The second-order valence-corrected chi connectivity index (χ2v) is 8.79. The van der Waals surface area contributed by atoms with Gasteiger partial charge >= 0.3 is 0 Å². The molecule has 6 rings (SSSR count). The summed E-state index contributed by atoms with van der Waals surface area (Å²) in [4.78, 5) is 16.8. The Balaban J connectivity index is 1.28. The summed E-state index contributed by atoms with van der Waals surface area (Å²) in [6.45, 7) is 2.37. The summed E-state index contributed by atoms with van der Waals surface area (Å²) >= 11 is 0. The number of aromatic nitrogens is 2. The van der Waals surface area contributed by atoms with Crippen LogP contribution in [0.15, 0.2) is 35.7 Å². The van der Waals surface area contributed by atoms with Crippen LogP contribution in [0.1, 0.15) is 45.4 Å². The van der Waals surface area contributed by atoms with E-state index < -0.39 is 0 Å². The van der Waals surface area contributed by atoms with Gasteiger partial charge in [0.1, 0.15) is 6.54 Å². The monoisotopic (exact) mass is 350 g/mol. The highest BCUT2D eigenvalue weighted by Gasteiger charge is 2.52. The molecule has 4 aliphatic rings. The van der Waals surface area contributed by atoms with Crippen LogP contribution in [-0.2, 0) is 11.3 Å². The molecular formula is C21H26N4O. The molecule has 1 N–H and O–H groups in total. The molecular weight excluding hydrogens is 324 g/mol. The number of amides is 1. The molecule has 5 heteroatoms. The zero-order valence-corrected chi connectivity index (χ0v) is 15.3. The second kappa shape index (κ2) is 5.93. The van der Waals surface area contributed by atoms with E-state index in [1.54, 1.807) is 6.33 Å². The number of carbonyl (C=O) groups excluding carboxylic acids is 1. The average Bonchev–Trinajstić information content (AvgIpc) is 3.01. The molecule has 4 bridgehead atoms. The van der Waals surface area contributed by atoms with Crippen LogP contribution < -0.4 is 5.43 Å². The summed E-state index contributed by atoms with van der Waals surface area (Å²) in [6, 6.07) is 7.87. The third kappa shape index (κ3) is 2.65. The lowest BCUT2D eigenvalue weighted by Crippen LogP contribution is -2.49. The third-order valence-electron chi connectivity index (χ3n) is 7.00. The first-order chi connectivity index (χ1) is 12.6. The van der Waals surface area contributed by atoms with E-state index in [-0.39, 0.29) is 17.9 Å². The fraction of sp³-hybridized carbons (Fsp3) is 0.571. The van der Waals surface area contributed by atoms with Crippen LogP contribution in [0, 0.1) is 23.2 Å². The maximum absolute atomic E-state index is 12.4. The van der Waals surface area contributed by atoms with Crippen LogP contribution in [0.25, 0.3) is 11.0 Å². The van der Waals surface area contributed by atoms with Crippen molar-refractivity contribution in [3.63, 3.8) is 0 Å². The first kappa shape index (κ1) is 16.0. The van der Waals surface area contributed by atoms with Gasteiger partial charge in [-0.2, -0.15) is 5.10 Å². The van der Waals surface area contributed by atoms with Gasteiger partial charge < -0.3 is 4.57 Å². The van der Waals surface area contributed by atoms with E-state index in [1.807, 2.05) is 28.8 Å². The number of hydrazone groups is 1. The predicted molar refractivity (Wildman–Crippen MR) is 102 cm³/mol. The molecule has 0 unspecified atom stereocenters. The van der Waals surface area contributed by atoms with E-state index >= 15 is 0 Å². The van der Waals surface area contributed by atoms with Crippen molar-refractivity contribution in [1.82, 2.24) is 15.0 Å². The standard InChI is InChI=1S/C21H26N4O/c1-14(21-9-15-6-16(10-21)8-17(7-15)11-21)23-24-20(26)12-25-13-22-18-4-2-3-5-19(18)25/h2-5,13,15-17H,6-12H2,1H3,(H,24,26)/b23-14-. The Kier molecular flexibility index (Phi) is 3.66. The highest BCUT2D eigenvalue weighted by Crippen LogP contribution is 2.60. The molecule has 1 aromatic carbocycles. The summed E-state index contributed by atoms with van der Waals surface area (Å²) in [5, 5.41) is 4.56. The van der Waals surface area contributed by atoms with E-state index in [2.05, 4.69) is 22.4 Å². The van der Waals surface area contributed by atoms with E-state index in [9.17, 15) is 4.79 Å². The number of rotatable bonds is 4. The number of fused-ring (bicyclic) bond motifs is 1. The van der Waals surface area contributed by atoms with Gasteiger partial charge in [-0.05, 0) is 75.3 Å². The smallest absolute Gasteiger partial charge is 0.260 e. The molecule has 0 atom stereocenters. The lowest BCUT2D eigenvalue weighted by molar-refractivity contribution is -0.121. The number of benzene rings is 1. The van der Waals surface area contributed by atoms with Gasteiger partial charge in [-0.1, -0.05) is 12.1 Å². The summed E-state index contributed by atoms with van der Waals surface area (Å²) in [7, 11) is 0. The van der Waals surface area contributed by atoms with E-state index in [0.29, 0.717) is 0 Å². The Labute approximate surface area is 153 Å². The zero-order chi connectivity index (χ0) is 17.7. The Bertz CT molecular complexity index is 846. The van der Waals surface area contributed by atoms with Crippen molar-refractivity contribution in [2.45, 2.75) is 52.0 Å². The quantitative estimate of drug-likeness (QED) is 0.674. The number of nitrogens with one attached hydrogen (secondary N) is 1. The Morgan fingerprint density at radius 3 is 2.54 bits per heavy atom. The largest absolute Gasteiger partial charge is 0.321 e. The minimum atomic E-state index is -0.0859. The minimum absolute atomic E-state index is 0.0859. The fourth-order valence-electron chi connectivity index (χ4n) is 6.14. The summed E-state index contributed by atoms with van der Waals surface area (Å²) in [6.07, 6.45) is 9.81. The van der Waals surface area contributed by atoms with Crippen LogP contribution in [0.4, 0.5) is 0 Å². The number of carbonyl (C=O) groups is 1. The van der Waals surface area contributed by atoms with E-state index in [4.69, 9.17) is 0 Å². The summed E-state index contributed by atoms with van der Waals surface area (Å²) < 4.78 is 1.88. The lowest BCUT2D eigenvalue weighted by Gasteiger charge is -2.56. The van der Waals surface area contributed by atoms with Crippen LogP contribution >= 0.6 is 0 Å². The summed E-state index contributed by atoms with van der Waals surface area (Å²) in [5.41, 5.74) is 6.09. The molecule has 5 nitrogen and oxygen atoms in total. The maximum atomic E-state index is 12.4. The molecule has 1 amide bonds. The van der Waals surface area contributed by atoms with Crippen LogP contribution in [0.3, 0.4) is 0 Å². The van der Waals surface area contributed by atoms with Crippen molar-refractivity contribution >= 4 is 22.7 Å². The van der Waals surface area contributed by atoms with Gasteiger partial charge in [0, 0.05) is 11.1 Å². The number of nitrogens with zero attached hydrogens (tertiary/aromatic N) is 3. The van der Waals surface area contributed by atoms with Gasteiger partial charge in [0.15, 0.2) is 0 Å². The highest BCUT2D eigenvalue weighted by atomic mass is 16.2. The normalized spacial score (nSPS) is 33.0. The van der Waals surface area contributed by atoms with Gasteiger partial charge in [-0.25, -0.2) is 10.4 Å². The number of hydrogen-bond acceptors (Lipinski definition) is 3. The molecule has 1 aromatic heterocycles. The molecule has 0 aliphatic heterocycles. The SMILES string of the molecule is C/C(=N/NC(=O)Cn1cnc2ccccc21)C12CC3CC(CC(C3)C1)C2. The highest BCUT2D eigenvalue weighted by molar-refractivity contribution is 5.90. The molecule has 4 aliphatic carbocycles. The van der Waals surface area contributed by atoms with Gasteiger partial charge in [-0.15, -0.1) is 0 Å². The predicted octanol–water partition coefficient (Wildman–Crippen LogP) is 3.74. The van der Waals surface area contributed by atoms with Crippen molar-refractivity contribution < 1.29 is 4.79 Å². The van der Waals surface area contributed by atoms with Crippen molar-refractivity contribution in [2.75, 3.05) is 0 Å². The van der Waals surface area contributed by atoms with Gasteiger partial charge in [0.25, 0.3) is 5.91 Å². The van der Waals surface area contributed by atoms with E-state index in [0.717, 1.165) is 34.5 Å². The lowest BCUT2D eigenvalue weighted by atomic mass is 9.48. The topological polar surface area (TPSA) is 59.3 Å². The van der Waals surface area contributed by atoms with Crippen molar-refractivity contribution in [3.05, 3.63) is 30.6 Å². The molecule has 2 aromatic rings. The third-order valence-corrected chi connectivity index (χ3v) is 7.00. The number of hydrogen-bond donors (Lipinski definition) is 1. The van der Waals surface area contributed by atoms with Crippen LogP contribution in [-0.4, -0.2) is 21.2 Å². The summed E-state index contributed by atoms with van der Waals surface area (Å²) in [5.74, 6) is 2.58. The van der Waals surface area contributed by atoms with Crippen LogP contribution in [0.5, 0.6) is 0 Å². The molecule has 26 heavy (non-hydrogen) atoms. The molecule has 4 saturated carbocycles. The Morgan fingerprint density at radius 2 is 1.85 bits per heavy atom. The van der Waals surface area contributed by atoms with Crippen molar-refractivity contribution in [3.8, 4) is 0 Å². The van der Waals surface area contributed by atoms with Crippen molar-refractivity contribution in [1.29, 1.82) is 0 Å². The Morgan fingerprint density at radius 1 is 1.19 bits per heavy atom. The molecule has 0 radical (unpaired) electrons. The minimum Gasteiger partial charge on any atom is -0.321 e. The number of imidazole rings is 1. The average molecular weight is 350 g/mol.